The standard InChI is InChI=1S/C17H23N3O4/c1-10(2)12-7-14-17(22)20(9-15(21)23-4)18-16(19(14)8-12)11(3)24-13-5-6-13/h7-8,10-11,13H,5-6,9H2,1-4H3. The number of ether oxygens (including phenoxy) is 2. The second kappa shape index (κ2) is 6.39. The lowest BCUT2D eigenvalue weighted by Gasteiger charge is -2.15. The van der Waals surface area contributed by atoms with E-state index in [0.717, 1.165) is 23.1 Å². The van der Waals surface area contributed by atoms with Crippen LogP contribution in [-0.4, -0.2) is 33.4 Å². The van der Waals surface area contributed by atoms with Gasteiger partial charge in [-0.05, 0) is 37.3 Å². The van der Waals surface area contributed by atoms with Gasteiger partial charge in [-0.3, -0.25) is 14.0 Å². The minimum absolute atomic E-state index is 0.211. The number of hydrogen-bond acceptors (Lipinski definition) is 5. The molecule has 1 saturated carbocycles. The molecule has 0 saturated heterocycles. The molecule has 1 fully saturated rings. The van der Waals surface area contributed by atoms with Crippen molar-refractivity contribution in [2.45, 2.75) is 58.3 Å². The Balaban J connectivity index is 2.12. The highest BCUT2D eigenvalue weighted by Gasteiger charge is 2.28. The quantitative estimate of drug-likeness (QED) is 0.756. The number of esters is 1. The van der Waals surface area contributed by atoms with Gasteiger partial charge >= 0.3 is 5.97 Å². The Morgan fingerprint density at radius 1 is 1.38 bits per heavy atom. The molecular formula is C17H23N3O4. The topological polar surface area (TPSA) is 74.8 Å². The highest BCUT2D eigenvalue weighted by atomic mass is 16.5. The second-order valence-electron chi connectivity index (χ2n) is 6.56. The van der Waals surface area contributed by atoms with Gasteiger partial charge in [0.25, 0.3) is 5.56 Å². The van der Waals surface area contributed by atoms with Crippen molar-refractivity contribution >= 4 is 11.5 Å². The Hall–Kier alpha value is -2.15. The summed E-state index contributed by atoms with van der Waals surface area (Å²) < 4.78 is 13.5. The molecule has 0 bridgehead atoms. The van der Waals surface area contributed by atoms with E-state index in [9.17, 15) is 9.59 Å². The van der Waals surface area contributed by atoms with Crippen LogP contribution < -0.4 is 5.56 Å². The molecule has 0 radical (unpaired) electrons. The number of carbonyl (C=O) groups excluding carboxylic acids is 1. The fraction of sp³-hybridized carbons (Fsp3) is 0.588. The van der Waals surface area contributed by atoms with E-state index in [2.05, 4.69) is 23.7 Å². The molecule has 0 amide bonds. The number of carbonyl (C=O) groups is 1. The van der Waals surface area contributed by atoms with Crippen molar-refractivity contribution < 1.29 is 14.3 Å². The van der Waals surface area contributed by atoms with E-state index < -0.39 is 5.97 Å². The zero-order valence-electron chi connectivity index (χ0n) is 14.5. The van der Waals surface area contributed by atoms with E-state index in [-0.39, 0.29) is 30.2 Å². The molecule has 2 aromatic rings. The monoisotopic (exact) mass is 333 g/mol. The van der Waals surface area contributed by atoms with Crippen molar-refractivity contribution in [3.05, 3.63) is 34.0 Å². The number of methoxy groups -OCH3 is 1. The zero-order chi connectivity index (χ0) is 17.4. The van der Waals surface area contributed by atoms with Gasteiger partial charge in [0, 0.05) is 6.20 Å². The Bertz CT molecular complexity index is 817. The van der Waals surface area contributed by atoms with Crippen LogP contribution in [0.25, 0.3) is 5.52 Å². The highest BCUT2D eigenvalue weighted by Crippen LogP contribution is 2.30. The number of hydrogen-bond donors (Lipinski definition) is 0. The van der Waals surface area contributed by atoms with Crippen LogP contribution in [0, 0.1) is 0 Å². The van der Waals surface area contributed by atoms with Crippen molar-refractivity contribution in [2.75, 3.05) is 7.11 Å². The molecule has 2 aromatic heterocycles. The van der Waals surface area contributed by atoms with Crippen molar-refractivity contribution in [1.82, 2.24) is 14.2 Å². The minimum atomic E-state index is -0.508. The molecule has 0 aromatic carbocycles. The van der Waals surface area contributed by atoms with Crippen LogP contribution in [0.1, 0.15) is 57.0 Å². The molecule has 1 atom stereocenters. The van der Waals surface area contributed by atoms with Gasteiger partial charge in [0.05, 0.1) is 13.2 Å². The summed E-state index contributed by atoms with van der Waals surface area (Å²) >= 11 is 0. The largest absolute Gasteiger partial charge is 0.468 e. The number of aromatic nitrogens is 3. The van der Waals surface area contributed by atoms with E-state index in [0.29, 0.717) is 11.3 Å². The maximum Gasteiger partial charge on any atom is 0.327 e. The summed E-state index contributed by atoms with van der Waals surface area (Å²) in [6.45, 7) is 5.84. The fourth-order valence-electron chi connectivity index (χ4n) is 2.63. The summed E-state index contributed by atoms with van der Waals surface area (Å²) in [7, 11) is 1.29. The third-order valence-corrected chi connectivity index (χ3v) is 4.22. The van der Waals surface area contributed by atoms with Crippen LogP contribution in [0.2, 0.25) is 0 Å². The van der Waals surface area contributed by atoms with Crippen LogP contribution in [0.3, 0.4) is 0 Å². The molecule has 2 heterocycles. The SMILES string of the molecule is COC(=O)Cn1nc(C(C)OC2CC2)n2cc(C(C)C)cc2c1=O. The van der Waals surface area contributed by atoms with Gasteiger partial charge < -0.3 is 9.47 Å². The van der Waals surface area contributed by atoms with Crippen LogP contribution >= 0.6 is 0 Å². The Kier molecular flexibility index (Phi) is 4.45. The average Bonchev–Trinajstić information content (AvgIpc) is 3.23. The van der Waals surface area contributed by atoms with Gasteiger partial charge in [0.1, 0.15) is 18.2 Å². The molecule has 7 nitrogen and oxygen atoms in total. The molecule has 130 valence electrons. The predicted molar refractivity (Wildman–Crippen MR) is 88.1 cm³/mol. The molecule has 0 N–H and O–H groups in total. The molecular weight excluding hydrogens is 310 g/mol. The second-order valence-corrected chi connectivity index (χ2v) is 6.56. The summed E-state index contributed by atoms with van der Waals surface area (Å²) in [5, 5.41) is 4.38. The first-order valence-corrected chi connectivity index (χ1v) is 8.26. The lowest BCUT2D eigenvalue weighted by Crippen LogP contribution is -2.31. The van der Waals surface area contributed by atoms with Gasteiger partial charge in [0.15, 0.2) is 5.82 Å². The first-order valence-electron chi connectivity index (χ1n) is 8.26. The smallest absolute Gasteiger partial charge is 0.327 e. The normalized spacial score (nSPS) is 15.9. The van der Waals surface area contributed by atoms with Crippen LogP contribution in [-0.2, 0) is 20.8 Å². The molecule has 24 heavy (non-hydrogen) atoms. The van der Waals surface area contributed by atoms with Gasteiger partial charge in [0.2, 0.25) is 0 Å². The maximum atomic E-state index is 12.7. The van der Waals surface area contributed by atoms with Gasteiger partial charge in [-0.1, -0.05) is 13.8 Å². The first-order chi connectivity index (χ1) is 11.4. The third kappa shape index (κ3) is 3.21. The first kappa shape index (κ1) is 16.7. The Morgan fingerprint density at radius 2 is 2.08 bits per heavy atom. The molecule has 0 spiro atoms. The van der Waals surface area contributed by atoms with E-state index >= 15 is 0 Å². The Labute approximate surface area is 140 Å². The van der Waals surface area contributed by atoms with Crippen LogP contribution in [0.15, 0.2) is 17.1 Å². The molecule has 3 rings (SSSR count). The summed E-state index contributed by atoms with van der Waals surface area (Å²) in [6, 6.07) is 1.86. The molecule has 0 aliphatic heterocycles. The Morgan fingerprint density at radius 3 is 2.67 bits per heavy atom. The minimum Gasteiger partial charge on any atom is -0.468 e. The van der Waals surface area contributed by atoms with Crippen molar-refractivity contribution in [3.63, 3.8) is 0 Å². The van der Waals surface area contributed by atoms with Gasteiger partial charge in [-0.15, -0.1) is 0 Å². The molecule has 1 aliphatic carbocycles. The molecule has 1 aliphatic rings. The van der Waals surface area contributed by atoms with Crippen molar-refractivity contribution in [3.8, 4) is 0 Å². The highest BCUT2D eigenvalue weighted by molar-refractivity contribution is 5.69. The van der Waals surface area contributed by atoms with E-state index in [1.54, 1.807) is 4.40 Å². The summed E-state index contributed by atoms with van der Waals surface area (Å²) in [4.78, 5) is 24.2. The van der Waals surface area contributed by atoms with Gasteiger partial charge in [-0.25, -0.2) is 4.68 Å². The predicted octanol–water partition coefficient (Wildman–Crippen LogP) is 2.03. The fourth-order valence-corrected chi connectivity index (χ4v) is 2.63. The number of nitrogens with zero attached hydrogens (tertiary/aromatic N) is 3. The summed E-state index contributed by atoms with van der Waals surface area (Å²) in [5.41, 5.74) is 1.23. The van der Waals surface area contributed by atoms with Crippen molar-refractivity contribution in [1.29, 1.82) is 0 Å². The van der Waals surface area contributed by atoms with Crippen molar-refractivity contribution in [2.24, 2.45) is 0 Å². The lowest BCUT2D eigenvalue weighted by atomic mass is 10.1. The van der Waals surface area contributed by atoms with Gasteiger partial charge in [-0.2, -0.15) is 5.10 Å². The van der Waals surface area contributed by atoms with Crippen LogP contribution in [0.4, 0.5) is 0 Å². The number of fused-ring (bicyclic) bond motifs is 1. The van der Waals surface area contributed by atoms with E-state index in [4.69, 9.17) is 4.74 Å². The van der Waals surface area contributed by atoms with E-state index in [1.165, 1.54) is 7.11 Å². The van der Waals surface area contributed by atoms with E-state index in [1.807, 2.05) is 19.2 Å². The van der Waals surface area contributed by atoms with Crippen LogP contribution in [0.5, 0.6) is 0 Å². The molecule has 1 unspecified atom stereocenters. The summed E-state index contributed by atoms with van der Waals surface area (Å²) in [6.07, 6.45) is 4.03. The third-order valence-electron chi connectivity index (χ3n) is 4.22. The summed E-state index contributed by atoms with van der Waals surface area (Å²) in [5.74, 6) is 0.393. The molecule has 7 heteroatoms. The zero-order valence-corrected chi connectivity index (χ0v) is 14.5. The maximum absolute atomic E-state index is 12.7. The number of rotatable bonds is 6. The lowest BCUT2D eigenvalue weighted by molar-refractivity contribution is -0.141. The average molecular weight is 333 g/mol.